The second kappa shape index (κ2) is 5.04. The van der Waals surface area contributed by atoms with Crippen molar-refractivity contribution >= 4 is 17.7 Å². The SMILES string of the molecule is O=C(O)C=Cc1cccc([N+](=O)[O-])c1CO. The maximum atomic E-state index is 10.6. The first kappa shape index (κ1) is 11.9. The Hall–Kier alpha value is -2.21. The summed E-state index contributed by atoms with van der Waals surface area (Å²) in [6, 6.07) is 4.18. The van der Waals surface area contributed by atoms with E-state index in [0.29, 0.717) is 5.56 Å². The van der Waals surface area contributed by atoms with Gasteiger partial charge in [0, 0.05) is 12.1 Å². The number of aliphatic carboxylic acids is 1. The molecule has 0 aromatic heterocycles. The predicted octanol–water partition coefficient (Wildman–Crippen LogP) is 1.18. The highest BCUT2D eigenvalue weighted by Gasteiger charge is 2.14. The van der Waals surface area contributed by atoms with Crippen molar-refractivity contribution in [2.45, 2.75) is 6.61 Å². The van der Waals surface area contributed by atoms with Crippen LogP contribution in [0.25, 0.3) is 6.08 Å². The molecule has 0 saturated carbocycles. The molecule has 0 radical (unpaired) electrons. The Balaban J connectivity index is 3.24. The van der Waals surface area contributed by atoms with E-state index >= 15 is 0 Å². The average molecular weight is 223 g/mol. The second-order valence-electron chi connectivity index (χ2n) is 2.93. The number of nitro benzene ring substituents is 1. The molecule has 6 heteroatoms. The highest BCUT2D eigenvalue weighted by atomic mass is 16.6. The van der Waals surface area contributed by atoms with Crippen LogP contribution in [0.2, 0.25) is 0 Å². The number of carboxylic acids is 1. The van der Waals surface area contributed by atoms with Crippen molar-refractivity contribution in [2.75, 3.05) is 0 Å². The van der Waals surface area contributed by atoms with E-state index in [1.54, 1.807) is 0 Å². The van der Waals surface area contributed by atoms with Crippen molar-refractivity contribution in [2.24, 2.45) is 0 Å². The van der Waals surface area contributed by atoms with Gasteiger partial charge in [0.2, 0.25) is 0 Å². The molecule has 2 N–H and O–H groups in total. The summed E-state index contributed by atoms with van der Waals surface area (Å²) in [7, 11) is 0. The van der Waals surface area contributed by atoms with Crippen molar-refractivity contribution in [3.05, 3.63) is 45.5 Å². The van der Waals surface area contributed by atoms with Crippen molar-refractivity contribution in [3.8, 4) is 0 Å². The molecule has 16 heavy (non-hydrogen) atoms. The summed E-state index contributed by atoms with van der Waals surface area (Å²) in [5.74, 6) is -1.16. The van der Waals surface area contributed by atoms with Crippen LogP contribution < -0.4 is 0 Å². The molecule has 0 saturated heterocycles. The fourth-order valence-electron chi connectivity index (χ4n) is 1.25. The molecule has 84 valence electrons. The lowest BCUT2D eigenvalue weighted by atomic mass is 10.1. The summed E-state index contributed by atoms with van der Waals surface area (Å²) < 4.78 is 0. The van der Waals surface area contributed by atoms with Gasteiger partial charge in [-0.25, -0.2) is 4.79 Å². The molecule has 0 aliphatic heterocycles. The number of carboxylic acid groups (broad SMARTS) is 1. The Morgan fingerprint density at radius 3 is 2.69 bits per heavy atom. The molecule has 1 aromatic rings. The van der Waals surface area contributed by atoms with Crippen molar-refractivity contribution in [1.29, 1.82) is 0 Å². The Labute approximate surface area is 90.6 Å². The van der Waals surface area contributed by atoms with E-state index in [0.717, 1.165) is 6.08 Å². The van der Waals surface area contributed by atoms with Crippen molar-refractivity contribution in [1.82, 2.24) is 0 Å². The lowest BCUT2D eigenvalue weighted by Gasteiger charge is -2.03. The van der Waals surface area contributed by atoms with E-state index in [-0.39, 0.29) is 11.3 Å². The van der Waals surface area contributed by atoms with Gasteiger partial charge in [-0.1, -0.05) is 12.1 Å². The van der Waals surface area contributed by atoms with Gasteiger partial charge in [-0.15, -0.1) is 0 Å². The fourth-order valence-corrected chi connectivity index (χ4v) is 1.25. The van der Waals surface area contributed by atoms with Crippen LogP contribution in [0.15, 0.2) is 24.3 Å². The zero-order chi connectivity index (χ0) is 12.1. The molecule has 0 aliphatic carbocycles. The number of benzene rings is 1. The third-order valence-electron chi connectivity index (χ3n) is 1.95. The largest absolute Gasteiger partial charge is 0.478 e. The molecule has 1 aromatic carbocycles. The summed E-state index contributed by atoms with van der Waals surface area (Å²) in [4.78, 5) is 20.3. The molecule has 0 spiro atoms. The van der Waals surface area contributed by atoms with Gasteiger partial charge in [0.1, 0.15) is 0 Å². The smallest absolute Gasteiger partial charge is 0.328 e. The Morgan fingerprint density at radius 2 is 2.19 bits per heavy atom. The molecule has 0 amide bonds. The highest BCUT2D eigenvalue weighted by Crippen LogP contribution is 2.23. The first-order chi connectivity index (χ1) is 7.56. The molecule has 0 bridgehead atoms. The lowest BCUT2D eigenvalue weighted by molar-refractivity contribution is -0.385. The van der Waals surface area contributed by atoms with Gasteiger partial charge in [0.15, 0.2) is 0 Å². The molecule has 0 unspecified atom stereocenters. The Kier molecular flexibility index (Phi) is 3.73. The number of hydrogen-bond donors (Lipinski definition) is 2. The normalized spacial score (nSPS) is 10.6. The summed E-state index contributed by atoms with van der Waals surface area (Å²) in [6.45, 7) is -0.517. The summed E-state index contributed by atoms with van der Waals surface area (Å²) >= 11 is 0. The number of hydrogen-bond acceptors (Lipinski definition) is 4. The summed E-state index contributed by atoms with van der Waals surface area (Å²) in [5, 5.41) is 28.1. The zero-order valence-corrected chi connectivity index (χ0v) is 8.16. The van der Waals surface area contributed by atoms with Crippen LogP contribution in [0.5, 0.6) is 0 Å². The molecule has 0 atom stereocenters. The third-order valence-corrected chi connectivity index (χ3v) is 1.95. The van der Waals surface area contributed by atoms with Gasteiger partial charge in [-0.05, 0) is 11.6 Å². The summed E-state index contributed by atoms with van der Waals surface area (Å²) in [5.41, 5.74) is 0.194. The van der Waals surface area contributed by atoms with Crippen LogP contribution in [0.3, 0.4) is 0 Å². The molecular weight excluding hydrogens is 214 g/mol. The second-order valence-corrected chi connectivity index (χ2v) is 2.93. The van der Waals surface area contributed by atoms with Gasteiger partial charge in [-0.2, -0.15) is 0 Å². The molecule has 0 heterocycles. The first-order valence-corrected chi connectivity index (χ1v) is 4.34. The van der Waals surface area contributed by atoms with Crippen LogP contribution in [-0.4, -0.2) is 21.1 Å². The standard InChI is InChI=1S/C10H9NO5/c12-6-8-7(4-5-10(13)14)2-1-3-9(8)11(15)16/h1-5,12H,6H2,(H,13,14). The number of rotatable bonds is 4. The Bertz CT molecular complexity index is 453. The molecule has 6 nitrogen and oxygen atoms in total. The van der Waals surface area contributed by atoms with Crippen molar-refractivity contribution < 1.29 is 19.9 Å². The number of nitro groups is 1. The van der Waals surface area contributed by atoms with E-state index in [1.807, 2.05) is 0 Å². The van der Waals surface area contributed by atoms with Gasteiger partial charge in [0.25, 0.3) is 5.69 Å². The fraction of sp³-hybridized carbons (Fsp3) is 0.100. The first-order valence-electron chi connectivity index (χ1n) is 4.34. The van der Waals surface area contributed by atoms with Crippen LogP contribution in [-0.2, 0) is 11.4 Å². The maximum absolute atomic E-state index is 10.6. The summed E-state index contributed by atoms with van der Waals surface area (Å²) in [6.07, 6.45) is 2.07. The van der Waals surface area contributed by atoms with Crippen LogP contribution in [0, 0.1) is 10.1 Å². The maximum Gasteiger partial charge on any atom is 0.328 e. The third kappa shape index (κ3) is 2.64. The average Bonchev–Trinajstić information content (AvgIpc) is 2.25. The zero-order valence-electron chi connectivity index (χ0n) is 8.16. The van der Waals surface area contributed by atoms with Gasteiger partial charge in [-0.3, -0.25) is 10.1 Å². The van der Waals surface area contributed by atoms with E-state index in [2.05, 4.69) is 0 Å². The minimum absolute atomic E-state index is 0.102. The number of carbonyl (C=O) groups is 1. The topological polar surface area (TPSA) is 101 Å². The highest BCUT2D eigenvalue weighted by molar-refractivity contribution is 5.85. The Morgan fingerprint density at radius 1 is 1.50 bits per heavy atom. The van der Waals surface area contributed by atoms with E-state index in [4.69, 9.17) is 10.2 Å². The monoisotopic (exact) mass is 223 g/mol. The number of aliphatic hydroxyl groups excluding tert-OH is 1. The minimum Gasteiger partial charge on any atom is -0.478 e. The quantitative estimate of drug-likeness (QED) is 0.453. The number of aliphatic hydroxyl groups is 1. The molecule has 0 fully saturated rings. The van der Waals surface area contributed by atoms with Gasteiger partial charge in [0.05, 0.1) is 17.1 Å². The van der Waals surface area contributed by atoms with Gasteiger partial charge >= 0.3 is 5.97 Å². The minimum atomic E-state index is -1.16. The van der Waals surface area contributed by atoms with E-state index < -0.39 is 17.5 Å². The van der Waals surface area contributed by atoms with E-state index in [9.17, 15) is 14.9 Å². The van der Waals surface area contributed by atoms with Crippen LogP contribution in [0.4, 0.5) is 5.69 Å². The molecule has 1 rings (SSSR count). The van der Waals surface area contributed by atoms with Crippen LogP contribution >= 0.6 is 0 Å². The predicted molar refractivity (Wildman–Crippen MR) is 55.7 cm³/mol. The lowest BCUT2D eigenvalue weighted by Crippen LogP contribution is -1.98. The van der Waals surface area contributed by atoms with E-state index in [1.165, 1.54) is 24.3 Å². The molecular formula is C10H9NO5. The van der Waals surface area contributed by atoms with Crippen molar-refractivity contribution in [3.63, 3.8) is 0 Å². The van der Waals surface area contributed by atoms with Gasteiger partial charge < -0.3 is 10.2 Å². The van der Waals surface area contributed by atoms with Crippen LogP contribution in [0.1, 0.15) is 11.1 Å². The molecule has 0 aliphatic rings. The number of nitrogens with zero attached hydrogens (tertiary/aromatic N) is 1.